The van der Waals surface area contributed by atoms with Crippen LogP contribution >= 0.6 is 0 Å². The first-order chi connectivity index (χ1) is 12.8. The lowest BCUT2D eigenvalue weighted by Gasteiger charge is -2.45. The number of rotatable bonds is 5. The Morgan fingerprint density at radius 2 is 1.71 bits per heavy atom. The second-order valence-electron chi connectivity index (χ2n) is 6.79. The molecule has 3 N–H and O–H groups in total. The van der Waals surface area contributed by atoms with Crippen LogP contribution in [-0.2, 0) is 20.6 Å². The molecular formula is C17H14F5N3O3. The van der Waals surface area contributed by atoms with Crippen molar-refractivity contribution in [2.24, 2.45) is 11.1 Å². The fourth-order valence-corrected chi connectivity index (χ4v) is 3.23. The second-order valence-corrected chi connectivity index (χ2v) is 6.79. The Bertz CT molecular complexity index is 869. The van der Waals surface area contributed by atoms with Gasteiger partial charge in [0.2, 0.25) is 11.8 Å². The van der Waals surface area contributed by atoms with Crippen molar-refractivity contribution in [2.75, 3.05) is 11.4 Å². The number of hydrogen-bond donors (Lipinski definition) is 2. The minimum atomic E-state index is -4.57. The molecule has 0 atom stereocenters. The maximum Gasteiger partial charge on any atom is 0.416 e. The zero-order valence-corrected chi connectivity index (χ0v) is 14.1. The summed E-state index contributed by atoms with van der Waals surface area (Å²) in [6.07, 6.45) is -5.25. The van der Waals surface area contributed by atoms with Crippen molar-refractivity contribution in [1.29, 1.82) is 0 Å². The van der Waals surface area contributed by atoms with Gasteiger partial charge in [0.1, 0.15) is 5.70 Å². The third-order valence-corrected chi connectivity index (χ3v) is 4.71. The van der Waals surface area contributed by atoms with Gasteiger partial charge in [0, 0.05) is 25.5 Å². The largest absolute Gasteiger partial charge is 0.416 e. The third kappa shape index (κ3) is 3.43. The van der Waals surface area contributed by atoms with E-state index in [1.807, 2.05) is 0 Å². The molecule has 0 spiro atoms. The Morgan fingerprint density at radius 3 is 2.18 bits per heavy atom. The minimum Gasteiger partial charge on any atom is -0.379 e. The van der Waals surface area contributed by atoms with Gasteiger partial charge in [0.05, 0.1) is 16.7 Å². The van der Waals surface area contributed by atoms with Crippen LogP contribution in [0.25, 0.3) is 0 Å². The van der Waals surface area contributed by atoms with Gasteiger partial charge in [-0.15, -0.1) is 0 Å². The number of carbonyl (C=O) groups excluding carboxylic acids is 3. The highest BCUT2D eigenvalue weighted by Gasteiger charge is 2.60. The number of hydrogen-bond acceptors (Lipinski definition) is 4. The fraction of sp³-hybridized carbons (Fsp3) is 0.353. The summed E-state index contributed by atoms with van der Waals surface area (Å²) in [6.45, 7) is -0.371. The number of benzene rings is 1. The summed E-state index contributed by atoms with van der Waals surface area (Å²) in [4.78, 5) is 36.6. The molecule has 1 aliphatic heterocycles. The fourth-order valence-electron chi connectivity index (χ4n) is 3.23. The molecule has 0 unspecified atom stereocenters. The van der Waals surface area contributed by atoms with E-state index in [4.69, 9.17) is 5.73 Å². The van der Waals surface area contributed by atoms with Crippen LogP contribution in [0.15, 0.2) is 36.0 Å². The SMILES string of the molecule is NC(=O)C1(CNC2=CC(=O)N(c3ccc(C(F)(F)F)cc3)C2=O)CC(F)(F)C1. The molecule has 0 aromatic heterocycles. The summed E-state index contributed by atoms with van der Waals surface area (Å²) in [5.41, 5.74) is 2.34. The third-order valence-electron chi connectivity index (χ3n) is 4.71. The van der Waals surface area contributed by atoms with Gasteiger partial charge < -0.3 is 11.1 Å². The van der Waals surface area contributed by atoms with Gasteiger partial charge in [0.25, 0.3) is 11.8 Å². The smallest absolute Gasteiger partial charge is 0.379 e. The Labute approximate surface area is 155 Å². The van der Waals surface area contributed by atoms with Crippen molar-refractivity contribution in [3.63, 3.8) is 0 Å². The van der Waals surface area contributed by atoms with E-state index >= 15 is 0 Å². The summed E-state index contributed by atoms with van der Waals surface area (Å²) in [7, 11) is 0. The van der Waals surface area contributed by atoms with E-state index < -0.39 is 53.6 Å². The van der Waals surface area contributed by atoms with E-state index in [9.17, 15) is 36.3 Å². The molecule has 6 nitrogen and oxygen atoms in total. The van der Waals surface area contributed by atoms with Crippen LogP contribution < -0.4 is 16.0 Å². The molecule has 1 aromatic carbocycles. The predicted octanol–water partition coefficient (Wildman–Crippen LogP) is 1.95. The second kappa shape index (κ2) is 6.28. The summed E-state index contributed by atoms with van der Waals surface area (Å²) in [5, 5.41) is 2.49. The number of halogens is 5. The predicted molar refractivity (Wildman–Crippen MR) is 85.8 cm³/mol. The number of amides is 3. The molecule has 1 aliphatic carbocycles. The van der Waals surface area contributed by atoms with Gasteiger partial charge in [-0.1, -0.05) is 0 Å². The maximum absolute atomic E-state index is 13.2. The molecule has 0 bridgehead atoms. The van der Waals surface area contributed by atoms with Crippen LogP contribution in [0.1, 0.15) is 18.4 Å². The molecule has 0 radical (unpaired) electrons. The average Bonchev–Trinajstić information content (AvgIpc) is 2.83. The average molecular weight is 403 g/mol. The molecule has 1 heterocycles. The summed E-state index contributed by atoms with van der Waals surface area (Å²) < 4.78 is 64.2. The van der Waals surface area contributed by atoms with Crippen LogP contribution in [0.5, 0.6) is 0 Å². The highest BCUT2D eigenvalue weighted by molar-refractivity contribution is 6.30. The highest BCUT2D eigenvalue weighted by atomic mass is 19.4. The van der Waals surface area contributed by atoms with Gasteiger partial charge in [-0.3, -0.25) is 14.4 Å². The van der Waals surface area contributed by atoms with Crippen molar-refractivity contribution in [2.45, 2.75) is 24.9 Å². The van der Waals surface area contributed by atoms with E-state index in [1.54, 1.807) is 0 Å². The number of anilines is 1. The van der Waals surface area contributed by atoms with Crippen molar-refractivity contribution in [3.8, 4) is 0 Å². The zero-order chi connectivity index (χ0) is 20.9. The molecule has 1 aromatic rings. The van der Waals surface area contributed by atoms with Crippen LogP contribution in [0.4, 0.5) is 27.6 Å². The lowest BCUT2D eigenvalue weighted by molar-refractivity contribution is -0.175. The van der Waals surface area contributed by atoms with E-state index in [2.05, 4.69) is 5.32 Å². The van der Waals surface area contributed by atoms with Gasteiger partial charge in [-0.05, 0) is 24.3 Å². The molecular weight excluding hydrogens is 389 g/mol. The standard InChI is InChI=1S/C17H14F5N3O3/c18-16(19)6-15(7-16,14(23)28)8-24-11-5-12(26)25(13(11)27)10-3-1-9(2-4-10)17(20,21)22/h1-5,24H,6-8H2,(H2,23,28). The summed E-state index contributed by atoms with van der Waals surface area (Å²) in [6, 6.07) is 3.37. The first-order valence-corrected chi connectivity index (χ1v) is 8.04. The monoisotopic (exact) mass is 403 g/mol. The van der Waals surface area contributed by atoms with Crippen molar-refractivity contribution in [1.82, 2.24) is 5.32 Å². The number of primary amides is 1. The summed E-state index contributed by atoms with van der Waals surface area (Å²) in [5.74, 6) is -5.69. The lowest BCUT2D eigenvalue weighted by Crippen LogP contribution is -2.58. The Hall–Kier alpha value is -2.98. The molecule has 28 heavy (non-hydrogen) atoms. The van der Waals surface area contributed by atoms with Crippen LogP contribution in [0.2, 0.25) is 0 Å². The van der Waals surface area contributed by atoms with Crippen molar-refractivity contribution >= 4 is 23.4 Å². The highest BCUT2D eigenvalue weighted by Crippen LogP contribution is 2.51. The molecule has 3 rings (SSSR count). The number of nitrogens with two attached hydrogens (primary N) is 1. The van der Waals surface area contributed by atoms with E-state index in [0.29, 0.717) is 4.90 Å². The number of nitrogens with zero attached hydrogens (tertiary/aromatic N) is 1. The van der Waals surface area contributed by atoms with Crippen LogP contribution in [-0.4, -0.2) is 30.2 Å². The number of alkyl halides is 5. The zero-order valence-electron chi connectivity index (χ0n) is 14.1. The number of carbonyl (C=O) groups is 3. The topological polar surface area (TPSA) is 92.5 Å². The van der Waals surface area contributed by atoms with Gasteiger partial charge in [-0.25, -0.2) is 13.7 Å². The van der Waals surface area contributed by atoms with Crippen LogP contribution in [0, 0.1) is 5.41 Å². The molecule has 2 aliphatic rings. The van der Waals surface area contributed by atoms with Crippen molar-refractivity contribution < 1.29 is 36.3 Å². The molecule has 150 valence electrons. The van der Waals surface area contributed by atoms with Gasteiger partial charge in [-0.2, -0.15) is 13.2 Å². The number of imide groups is 1. The van der Waals surface area contributed by atoms with E-state index in [-0.39, 0.29) is 17.9 Å². The maximum atomic E-state index is 13.2. The summed E-state index contributed by atoms with van der Waals surface area (Å²) >= 11 is 0. The van der Waals surface area contributed by atoms with Gasteiger partial charge in [0.15, 0.2) is 0 Å². The minimum absolute atomic E-state index is 0.0872. The first kappa shape index (κ1) is 19.8. The Kier molecular flexibility index (Phi) is 4.43. The van der Waals surface area contributed by atoms with E-state index in [0.717, 1.165) is 30.3 Å². The molecule has 3 amide bonds. The molecule has 1 saturated carbocycles. The van der Waals surface area contributed by atoms with Crippen LogP contribution in [0.3, 0.4) is 0 Å². The molecule has 11 heteroatoms. The molecule has 0 saturated heterocycles. The normalized spacial score (nSPS) is 20.6. The number of nitrogens with one attached hydrogen (secondary N) is 1. The van der Waals surface area contributed by atoms with Crippen molar-refractivity contribution in [3.05, 3.63) is 41.6 Å². The van der Waals surface area contributed by atoms with Gasteiger partial charge >= 0.3 is 6.18 Å². The lowest BCUT2D eigenvalue weighted by atomic mass is 9.65. The quantitative estimate of drug-likeness (QED) is 0.581. The first-order valence-electron chi connectivity index (χ1n) is 8.04. The Morgan fingerprint density at radius 1 is 1.14 bits per heavy atom. The van der Waals surface area contributed by atoms with E-state index in [1.165, 1.54) is 0 Å². The molecule has 1 fully saturated rings. The Balaban J connectivity index is 1.71.